The number of carboxylic acids is 1. The number of aliphatic carboxylic acids is 1. The number of nitrogens with one attached hydrogen (secondary N) is 2. The summed E-state index contributed by atoms with van der Waals surface area (Å²) in [6.07, 6.45) is 3.20. The number of carbonyl (C=O) groups excluding carboxylic acids is 2. The van der Waals surface area contributed by atoms with E-state index < -0.39 is 12.1 Å². The Labute approximate surface area is 200 Å². The van der Waals surface area contributed by atoms with Crippen LogP contribution in [0.2, 0.25) is 0 Å². The quantitative estimate of drug-likeness (QED) is 0.371. The zero-order valence-electron chi connectivity index (χ0n) is 19.7. The Morgan fingerprint density at radius 1 is 0.941 bits per heavy atom. The van der Waals surface area contributed by atoms with Gasteiger partial charge in [-0.25, -0.2) is 4.79 Å². The molecule has 7 heteroatoms. The summed E-state index contributed by atoms with van der Waals surface area (Å²) in [7, 11) is 0. The maximum absolute atomic E-state index is 12.5. The number of carboxylic acid groups (broad SMARTS) is 1. The molecular weight excluding hydrogens is 432 g/mol. The molecule has 2 aromatic rings. The molecule has 0 aromatic heterocycles. The Bertz CT molecular complexity index is 945. The summed E-state index contributed by atoms with van der Waals surface area (Å²) in [5.74, 6) is -1.23. The number of rotatable bonds is 13. The van der Waals surface area contributed by atoms with Crippen molar-refractivity contribution in [2.45, 2.75) is 51.4 Å². The number of benzene rings is 2. The van der Waals surface area contributed by atoms with Crippen molar-refractivity contribution in [1.82, 2.24) is 10.6 Å². The monoisotopic (exact) mass is 466 g/mol. The number of hydrogen-bond acceptors (Lipinski definition) is 4. The van der Waals surface area contributed by atoms with Gasteiger partial charge in [0.2, 0.25) is 5.91 Å². The summed E-state index contributed by atoms with van der Waals surface area (Å²) in [5.41, 5.74) is 4.66. The Morgan fingerprint density at radius 2 is 1.59 bits per heavy atom. The molecule has 0 spiro atoms. The smallest absolute Gasteiger partial charge is 0.407 e. The summed E-state index contributed by atoms with van der Waals surface area (Å²) in [6.45, 7) is 2.96. The third kappa shape index (κ3) is 6.83. The first-order chi connectivity index (χ1) is 16.5. The van der Waals surface area contributed by atoms with Crippen LogP contribution < -0.4 is 10.6 Å². The molecule has 0 bridgehead atoms. The minimum atomic E-state index is -0.800. The van der Waals surface area contributed by atoms with E-state index in [1.54, 1.807) is 0 Å². The largest absolute Gasteiger partial charge is 0.481 e. The SMILES string of the molecule is CCCC(CNC(=O)OCC1c2ccccc2-c2ccccc21)C(=O)NCCCCCC(=O)O. The van der Waals surface area contributed by atoms with E-state index in [1.807, 2.05) is 31.2 Å². The predicted octanol–water partition coefficient (Wildman–Crippen LogP) is 4.70. The fraction of sp³-hybridized carbons (Fsp3) is 0.444. The van der Waals surface area contributed by atoms with Crippen molar-refractivity contribution in [3.8, 4) is 11.1 Å². The molecule has 0 aliphatic heterocycles. The normalized spacial score (nSPS) is 13.0. The summed E-state index contributed by atoms with van der Waals surface area (Å²) in [5, 5.41) is 14.3. The van der Waals surface area contributed by atoms with E-state index in [0.717, 1.165) is 30.4 Å². The van der Waals surface area contributed by atoms with Crippen molar-refractivity contribution in [2.24, 2.45) is 5.92 Å². The van der Waals surface area contributed by atoms with E-state index >= 15 is 0 Å². The van der Waals surface area contributed by atoms with Crippen LogP contribution >= 0.6 is 0 Å². The summed E-state index contributed by atoms with van der Waals surface area (Å²) >= 11 is 0. The highest BCUT2D eigenvalue weighted by Crippen LogP contribution is 2.44. The van der Waals surface area contributed by atoms with Crippen LogP contribution in [0.5, 0.6) is 0 Å². The highest BCUT2D eigenvalue weighted by atomic mass is 16.5. The van der Waals surface area contributed by atoms with Crippen LogP contribution in [0.1, 0.15) is 62.5 Å². The lowest BCUT2D eigenvalue weighted by atomic mass is 9.98. The second kappa shape index (κ2) is 12.8. The molecule has 0 radical (unpaired) electrons. The maximum atomic E-state index is 12.5. The number of unbranched alkanes of at least 4 members (excludes halogenated alkanes) is 2. The van der Waals surface area contributed by atoms with Gasteiger partial charge in [0, 0.05) is 25.4 Å². The highest BCUT2D eigenvalue weighted by molar-refractivity contribution is 5.80. The Morgan fingerprint density at radius 3 is 2.21 bits per heavy atom. The van der Waals surface area contributed by atoms with Crippen molar-refractivity contribution in [1.29, 1.82) is 0 Å². The zero-order chi connectivity index (χ0) is 24.3. The maximum Gasteiger partial charge on any atom is 0.407 e. The Kier molecular flexibility index (Phi) is 9.50. The van der Waals surface area contributed by atoms with Gasteiger partial charge in [-0.05, 0) is 41.5 Å². The topological polar surface area (TPSA) is 105 Å². The molecular formula is C27H34N2O5. The average Bonchev–Trinajstić information content (AvgIpc) is 3.16. The molecule has 0 heterocycles. The lowest BCUT2D eigenvalue weighted by Gasteiger charge is -2.18. The molecule has 0 saturated heterocycles. The van der Waals surface area contributed by atoms with Crippen LogP contribution in [0, 0.1) is 5.92 Å². The third-order valence-electron chi connectivity index (χ3n) is 6.21. The van der Waals surface area contributed by atoms with Crippen LogP contribution in [-0.4, -0.2) is 42.8 Å². The van der Waals surface area contributed by atoms with E-state index in [1.165, 1.54) is 11.1 Å². The molecule has 34 heavy (non-hydrogen) atoms. The molecule has 0 fully saturated rings. The van der Waals surface area contributed by atoms with Crippen LogP contribution in [0.4, 0.5) is 4.79 Å². The zero-order valence-corrected chi connectivity index (χ0v) is 19.7. The van der Waals surface area contributed by atoms with Crippen LogP contribution in [0.3, 0.4) is 0 Å². The lowest BCUT2D eigenvalue weighted by molar-refractivity contribution is -0.137. The van der Waals surface area contributed by atoms with Crippen molar-refractivity contribution in [3.05, 3.63) is 59.7 Å². The van der Waals surface area contributed by atoms with Gasteiger partial charge in [0.05, 0.1) is 5.92 Å². The van der Waals surface area contributed by atoms with Crippen molar-refractivity contribution in [3.63, 3.8) is 0 Å². The molecule has 0 saturated carbocycles. The van der Waals surface area contributed by atoms with E-state index in [2.05, 4.69) is 34.9 Å². The first kappa shape index (κ1) is 25.3. The Hall–Kier alpha value is -3.35. The molecule has 2 aromatic carbocycles. The van der Waals surface area contributed by atoms with E-state index in [-0.39, 0.29) is 37.3 Å². The lowest BCUT2D eigenvalue weighted by Crippen LogP contribution is -2.39. The molecule has 1 aliphatic rings. The average molecular weight is 467 g/mol. The van der Waals surface area contributed by atoms with Gasteiger partial charge in [0.1, 0.15) is 6.61 Å². The fourth-order valence-corrected chi connectivity index (χ4v) is 4.46. The predicted molar refractivity (Wildman–Crippen MR) is 131 cm³/mol. The third-order valence-corrected chi connectivity index (χ3v) is 6.21. The molecule has 1 unspecified atom stereocenters. The molecule has 2 amide bonds. The van der Waals surface area contributed by atoms with Gasteiger partial charge in [-0.3, -0.25) is 9.59 Å². The van der Waals surface area contributed by atoms with Crippen LogP contribution in [0.15, 0.2) is 48.5 Å². The molecule has 182 valence electrons. The van der Waals surface area contributed by atoms with E-state index in [0.29, 0.717) is 19.4 Å². The molecule has 3 N–H and O–H groups in total. The van der Waals surface area contributed by atoms with Gasteiger partial charge in [-0.2, -0.15) is 0 Å². The van der Waals surface area contributed by atoms with Crippen LogP contribution in [0.25, 0.3) is 11.1 Å². The number of ether oxygens (including phenoxy) is 1. The van der Waals surface area contributed by atoms with E-state index in [4.69, 9.17) is 9.84 Å². The second-order valence-electron chi connectivity index (χ2n) is 8.69. The van der Waals surface area contributed by atoms with Gasteiger partial charge in [-0.15, -0.1) is 0 Å². The van der Waals surface area contributed by atoms with Gasteiger partial charge in [0.25, 0.3) is 0 Å². The number of amides is 2. The number of alkyl carbamates (subject to hydrolysis) is 1. The summed E-state index contributed by atoms with van der Waals surface area (Å²) in [6, 6.07) is 16.4. The van der Waals surface area contributed by atoms with Gasteiger partial charge < -0.3 is 20.5 Å². The standard InChI is InChI=1S/C27H34N2O5/c1-2-10-19(26(32)28-16-9-3-4-15-25(30)31)17-29-27(33)34-18-24-22-13-7-5-11-20(22)21-12-6-8-14-23(21)24/h5-8,11-14,19,24H,2-4,9-10,15-18H2,1H3,(H,28,32)(H,29,33)(H,30,31). The first-order valence-corrected chi connectivity index (χ1v) is 12.1. The van der Waals surface area contributed by atoms with Gasteiger partial charge in [-0.1, -0.05) is 68.3 Å². The van der Waals surface area contributed by atoms with Gasteiger partial charge >= 0.3 is 12.1 Å². The molecule has 1 atom stereocenters. The molecule has 1 aliphatic carbocycles. The van der Waals surface area contributed by atoms with Crippen molar-refractivity contribution >= 4 is 18.0 Å². The van der Waals surface area contributed by atoms with Crippen molar-refractivity contribution in [2.75, 3.05) is 19.7 Å². The van der Waals surface area contributed by atoms with Crippen molar-refractivity contribution < 1.29 is 24.2 Å². The second-order valence-corrected chi connectivity index (χ2v) is 8.69. The van der Waals surface area contributed by atoms with E-state index in [9.17, 15) is 14.4 Å². The first-order valence-electron chi connectivity index (χ1n) is 12.1. The molecule has 7 nitrogen and oxygen atoms in total. The fourth-order valence-electron chi connectivity index (χ4n) is 4.46. The Balaban J connectivity index is 1.45. The minimum Gasteiger partial charge on any atom is -0.481 e. The summed E-state index contributed by atoms with van der Waals surface area (Å²) < 4.78 is 5.56. The van der Waals surface area contributed by atoms with Crippen LogP contribution in [-0.2, 0) is 14.3 Å². The molecule has 3 rings (SSSR count). The number of hydrogen-bond donors (Lipinski definition) is 3. The van der Waals surface area contributed by atoms with Gasteiger partial charge in [0.15, 0.2) is 0 Å². The number of carbonyl (C=O) groups is 3. The number of fused-ring (bicyclic) bond motifs is 3. The highest BCUT2D eigenvalue weighted by Gasteiger charge is 2.29. The minimum absolute atomic E-state index is 0.00554. The summed E-state index contributed by atoms with van der Waals surface area (Å²) in [4.78, 5) is 35.5.